The molecule has 0 radical (unpaired) electrons. The SMILES string of the molecule is Cc1ccc(N)c(S(=O)(=O)Nc2sccc2C#N)c1C. The van der Waals surface area contributed by atoms with E-state index in [2.05, 4.69) is 4.72 Å². The zero-order chi connectivity index (χ0) is 14.9. The first-order valence-corrected chi connectivity index (χ1v) is 8.09. The molecule has 5 nitrogen and oxygen atoms in total. The van der Waals surface area contributed by atoms with Gasteiger partial charge in [-0.25, -0.2) is 8.42 Å². The van der Waals surface area contributed by atoms with Crippen molar-refractivity contribution in [1.82, 2.24) is 0 Å². The third kappa shape index (κ3) is 2.48. The van der Waals surface area contributed by atoms with Crippen LogP contribution in [-0.2, 0) is 10.0 Å². The number of aryl methyl sites for hydroxylation is 1. The molecule has 0 aliphatic carbocycles. The second-order valence-electron chi connectivity index (χ2n) is 4.31. The first-order chi connectivity index (χ1) is 9.36. The lowest BCUT2D eigenvalue weighted by Gasteiger charge is -2.13. The molecule has 20 heavy (non-hydrogen) atoms. The van der Waals surface area contributed by atoms with Crippen molar-refractivity contribution in [2.75, 3.05) is 10.5 Å². The summed E-state index contributed by atoms with van der Waals surface area (Å²) in [7, 11) is -3.82. The van der Waals surface area contributed by atoms with E-state index in [1.807, 2.05) is 13.0 Å². The minimum absolute atomic E-state index is 0.0646. The fourth-order valence-corrected chi connectivity index (χ4v) is 4.32. The minimum Gasteiger partial charge on any atom is -0.398 e. The fourth-order valence-electron chi connectivity index (χ4n) is 1.82. The zero-order valence-electron chi connectivity index (χ0n) is 11.0. The van der Waals surface area contributed by atoms with Crippen LogP contribution < -0.4 is 10.5 Å². The maximum Gasteiger partial charge on any atom is 0.264 e. The third-order valence-electron chi connectivity index (χ3n) is 2.99. The molecule has 0 saturated carbocycles. The van der Waals surface area contributed by atoms with Crippen LogP contribution in [0.25, 0.3) is 0 Å². The van der Waals surface area contributed by atoms with Crippen LogP contribution in [0, 0.1) is 25.2 Å². The number of anilines is 2. The number of nitriles is 1. The predicted octanol–water partition coefficient (Wildman–Crippen LogP) is 2.62. The molecule has 2 aromatic rings. The van der Waals surface area contributed by atoms with E-state index in [1.165, 1.54) is 0 Å². The number of hydrogen-bond acceptors (Lipinski definition) is 5. The Balaban J connectivity index is 2.53. The molecule has 0 atom stereocenters. The number of nitrogen functional groups attached to an aromatic ring is 1. The number of nitrogens with two attached hydrogens (primary N) is 1. The molecule has 1 heterocycles. The Morgan fingerprint density at radius 1 is 1.30 bits per heavy atom. The van der Waals surface area contributed by atoms with Gasteiger partial charge in [-0.15, -0.1) is 11.3 Å². The van der Waals surface area contributed by atoms with Crippen LogP contribution in [0.4, 0.5) is 10.7 Å². The van der Waals surface area contributed by atoms with E-state index in [0.717, 1.165) is 16.9 Å². The van der Waals surface area contributed by atoms with Crippen molar-refractivity contribution in [1.29, 1.82) is 5.26 Å². The Bertz CT molecular complexity index is 802. The van der Waals surface area contributed by atoms with Crippen molar-refractivity contribution >= 4 is 32.0 Å². The van der Waals surface area contributed by atoms with Gasteiger partial charge in [0.2, 0.25) is 0 Å². The number of sulfonamides is 1. The number of nitrogens with zero attached hydrogens (tertiary/aromatic N) is 1. The van der Waals surface area contributed by atoms with Crippen LogP contribution in [0.15, 0.2) is 28.5 Å². The molecule has 0 saturated heterocycles. The summed E-state index contributed by atoms with van der Waals surface area (Å²) in [6, 6.07) is 6.85. The average molecular weight is 307 g/mol. The fraction of sp³-hybridized carbons (Fsp3) is 0.154. The molecule has 0 amide bonds. The van der Waals surface area contributed by atoms with Crippen molar-refractivity contribution in [2.24, 2.45) is 0 Å². The van der Waals surface area contributed by atoms with E-state index in [0.29, 0.717) is 16.1 Å². The number of hydrogen-bond donors (Lipinski definition) is 2. The number of thiophene rings is 1. The lowest BCUT2D eigenvalue weighted by Crippen LogP contribution is -2.16. The van der Waals surface area contributed by atoms with E-state index < -0.39 is 10.0 Å². The molecule has 3 N–H and O–H groups in total. The summed E-state index contributed by atoms with van der Waals surface area (Å²) in [5.74, 6) is 0. The van der Waals surface area contributed by atoms with Gasteiger partial charge in [-0.2, -0.15) is 5.26 Å². The van der Waals surface area contributed by atoms with Gasteiger partial charge >= 0.3 is 0 Å². The zero-order valence-corrected chi connectivity index (χ0v) is 12.6. The summed E-state index contributed by atoms with van der Waals surface area (Å²) in [6.07, 6.45) is 0. The topological polar surface area (TPSA) is 96.0 Å². The highest BCUT2D eigenvalue weighted by Crippen LogP contribution is 2.30. The molecule has 0 aliphatic rings. The number of benzene rings is 1. The standard InChI is InChI=1S/C13H13N3O2S2/c1-8-3-4-11(15)12(9(8)2)20(17,18)16-13-10(7-14)5-6-19-13/h3-6,16H,15H2,1-2H3. The molecule has 1 aromatic heterocycles. The smallest absolute Gasteiger partial charge is 0.264 e. The second kappa shape index (κ2) is 5.15. The molecule has 0 spiro atoms. The quantitative estimate of drug-likeness (QED) is 0.852. The Kier molecular flexibility index (Phi) is 3.70. The molecular weight excluding hydrogens is 294 g/mol. The monoisotopic (exact) mass is 307 g/mol. The van der Waals surface area contributed by atoms with Crippen LogP contribution in [0.2, 0.25) is 0 Å². The van der Waals surface area contributed by atoms with Crippen molar-refractivity contribution in [3.63, 3.8) is 0 Å². The normalized spacial score (nSPS) is 11.1. The van der Waals surface area contributed by atoms with Crippen LogP contribution >= 0.6 is 11.3 Å². The van der Waals surface area contributed by atoms with E-state index >= 15 is 0 Å². The van der Waals surface area contributed by atoms with Gasteiger partial charge in [0.25, 0.3) is 10.0 Å². The maximum atomic E-state index is 12.5. The summed E-state index contributed by atoms with van der Waals surface area (Å²) < 4.78 is 27.4. The van der Waals surface area contributed by atoms with Crippen LogP contribution in [-0.4, -0.2) is 8.42 Å². The Morgan fingerprint density at radius 3 is 2.65 bits per heavy atom. The lowest BCUT2D eigenvalue weighted by molar-refractivity contribution is 0.601. The minimum atomic E-state index is -3.82. The molecule has 0 fully saturated rings. The molecule has 0 bridgehead atoms. The summed E-state index contributed by atoms with van der Waals surface area (Å²) in [6.45, 7) is 3.53. The van der Waals surface area contributed by atoms with E-state index in [-0.39, 0.29) is 10.6 Å². The molecule has 2 rings (SSSR count). The number of rotatable bonds is 3. The van der Waals surface area contributed by atoms with Gasteiger partial charge < -0.3 is 5.73 Å². The van der Waals surface area contributed by atoms with Gasteiger partial charge in [0.1, 0.15) is 16.0 Å². The average Bonchev–Trinajstić information content (AvgIpc) is 2.80. The Hall–Kier alpha value is -2.04. The maximum absolute atomic E-state index is 12.5. The van der Waals surface area contributed by atoms with E-state index in [1.54, 1.807) is 30.5 Å². The van der Waals surface area contributed by atoms with E-state index in [4.69, 9.17) is 11.0 Å². The third-order valence-corrected chi connectivity index (χ3v) is 5.50. The first kappa shape index (κ1) is 14.4. The number of nitrogens with one attached hydrogen (secondary N) is 1. The van der Waals surface area contributed by atoms with E-state index in [9.17, 15) is 8.42 Å². The van der Waals surface area contributed by atoms with Crippen LogP contribution in [0.1, 0.15) is 16.7 Å². The van der Waals surface area contributed by atoms with Crippen molar-refractivity contribution in [3.05, 3.63) is 40.3 Å². The summed E-state index contributed by atoms with van der Waals surface area (Å²) in [5, 5.41) is 10.9. The van der Waals surface area contributed by atoms with Gasteiger partial charge in [0, 0.05) is 0 Å². The molecule has 1 aromatic carbocycles. The first-order valence-electron chi connectivity index (χ1n) is 5.73. The Morgan fingerprint density at radius 2 is 2.00 bits per heavy atom. The predicted molar refractivity (Wildman–Crippen MR) is 80.2 cm³/mol. The van der Waals surface area contributed by atoms with Crippen LogP contribution in [0.3, 0.4) is 0 Å². The highest BCUT2D eigenvalue weighted by atomic mass is 32.2. The van der Waals surface area contributed by atoms with Gasteiger partial charge in [0.15, 0.2) is 0 Å². The largest absolute Gasteiger partial charge is 0.398 e. The van der Waals surface area contributed by atoms with Gasteiger partial charge in [-0.3, -0.25) is 4.72 Å². The summed E-state index contributed by atoms with van der Waals surface area (Å²) >= 11 is 1.16. The molecule has 0 unspecified atom stereocenters. The van der Waals surface area contributed by atoms with Gasteiger partial charge in [-0.05, 0) is 42.5 Å². The summed E-state index contributed by atoms with van der Waals surface area (Å²) in [5.41, 5.74) is 7.72. The lowest BCUT2D eigenvalue weighted by atomic mass is 10.1. The molecule has 0 aliphatic heterocycles. The van der Waals surface area contributed by atoms with Crippen molar-refractivity contribution in [3.8, 4) is 6.07 Å². The Labute approximate surface area is 121 Å². The molecule has 7 heteroatoms. The van der Waals surface area contributed by atoms with Gasteiger partial charge in [0.05, 0.1) is 11.3 Å². The highest BCUT2D eigenvalue weighted by Gasteiger charge is 2.22. The second-order valence-corrected chi connectivity index (χ2v) is 6.84. The van der Waals surface area contributed by atoms with Gasteiger partial charge in [-0.1, -0.05) is 6.07 Å². The molecule has 104 valence electrons. The summed E-state index contributed by atoms with van der Waals surface area (Å²) in [4.78, 5) is 0.0646. The molecular formula is C13H13N3O2S2. The highest BCUT2D eigenvalue weighted by molar-refractivity contribution is 7.93. The van der Waals surface area contributed by atoms with Crippen LogP contribution in [0.5, 0.6) is 0 Å². The van der Waals surface area contributed by atoms with Crippen molar-refractivity contribution < 1.29 is 8.42 Å². The van der Waals surface area contributed by atoms with Crippen molar-refractivity contribution in [2.45, 2.75) is 18.7 Å².